The lowest BCUT2D eigenvalue weighted by Gasteiger charge is -2.09. The standard InChI is InChI=1S/C14H14BrN3/c15-10-3-1-8(2-4-10)13-7-16-14(18-13)12-6-9-5-11(9)17-12/h1-4,7,9,11-12,17H,5-6H2,(H,16,18)/t9-,11?,12+/m1/s1. The summed E-state index contributed by atoms with van der Waals surface area (Å²) in [7, 11) is 0. The van der Waals surface area contributed by atoms with Crippen molar-refractivity contribution in [2.75, 3.05) is 0 Å². The molecule has 3 nitrogen and oxygen atoms in total. The molecule has 0 radical (unpaired) electrons. The molecule has 1 aromatic carbocycles. The van der Waals surface area contributed by atoms with Crippen LogP contribution in [0.1, 0.15) is 24.7 Å². The van der Waals surface area contributed by atoms with E-state index >= 15 is 0 Å². The van der Waals surface area contributed by atoms with Crippen molar-refractivity contribution in [2.24, 2.45) is 5.92 Å². The van der Waals surface area contributed by atoms with Crippen LogP contribution in [0.2, 0.25) is 0 Å². The Labute approximate surface area is 114 Å². The number of hydrogen-bond donors (Lipinski definition) is 2. The van der Waals surface area contributed by atoms with Crippen LogP contribution < -0.4 is 5.32 Å². The number of nitrogens with zero attached hydrogens (tertiary/aromatic N) is 1. The predicted octanol–water partition coefficient (Wildman–Crippen LogP) is 3.26. The Hall–Kier alpha value is -1.13. The minimum absolute atomic E-state index is 0.429. The zero-order valence-corrected chi connectivity index (χ0v) is 11.4. The molecule has 1 saturated heterocycles. The number of halogens is 1. The molecule has 92 valence electrons. The molecule has 1 aliphatic heterocycles. The largest absolute Gasteiger partial charge is 0.341 e. The van der Waals surface area contributed by atoms with Crippen LogP contribution in [0, 0.1) is 5.92 Å². The number of benzene rings is 1. The second-order valence-corrected chi connectivity index (χ2v) is 6.16. The van der Waals surface area contributed by atoms with E-state index in [1.807, 2.05) is 6.20 Å². The summed E-state index contributed by atoms with van der Waals surface area (Å²) in [6.45, 7) is 0. The maximum Gasteiger partial charge on any atom is 0.123 e. The zero-order chi connectivity index (χ0) is 12.1. The van der Waals surface area contributed by atoms with Crippen molar-refractivity contribution < 1.29 is 0 Å². The number of H-pyrrole nitrogens is 1. The fourth-order valence-electron chi connectivity index (χ4n) is 2.82. The Kier molecular flexibility index (Phi) is 2.35. The third kappa shape index (κ3) is 1.80. The van der Waals surface area contributed by atoms with Gasteiger partial charge in [-0.2, -0.15) is 0 Å². The summed E-state index contributed by atoms with van der Waals surface area (Å²) in [5, 5.41) is 3.62. The molecule has 4 heteroatoms. The fraction of sp³-hybridized carbons (Fsp3) is 0.357. The molecule has 1 aromatic heterocycles. The molecule has 1 unspecified atom stereocenters. The van der Waals surface area contributed by atoms with Crippen LogP contribution in [0.3, 0.4) is 0 Å². The molecule has 2 N–H and O–H groups in total. The van der Waals surface area contributed by atoms with Crippen LogP contribution in [-0.4, -0.2) is 16.0 Å². The highest BCUT2D eigenvalue weighted by molar-refractivity contribution is 9.10. The third-order valence-electron chi connectivity index (χ3n) is 3.96. The van der Waals surface area contributed by atoms with Crippen LogP contribution in [0.15, 0.2) is 34.9 Å². The molecule has 18 heavy (non-hydrogen) atoms. The van der Waals surface area contributed by atoms with Crippen LogP contribution in [0.5, 0.6) is 0 Å². The van der Waals surface area contributed by atoms with Crippen LogP contribution in [0.25, 0.3) is 11.3 Å². The average Bonchev–Trinajstić information content (AvgIpc) is 2.83. The maximum atomic E-state index is 4.52. The van der Waals surface area contributed by atoms with Gasteiger partial charge in [0.1, 0.15) is 5.82 Å². The summed E-state index contributed by atoms with van der Waals surface area (Å²) in [5.74, 6) is 1.98. The number of rotatable bonds is 2. The van der Waals surface area contributed by atoms with Crippen LogP contribution in [0.4, 0.5) is 0 Å². The highest BCUT2D eigenvalue weighted by Crippen LogP contribution is 2.45. The minimum Gasteiger partial charge on any atom is -0.341 e. The SMILES string of the molecule is Brc1ccc(-c2cnc([C@@H]3C[C@H]4CC4N3)[nH]2)cc1. The first kappa shape index (κ1) is 10.8. The average molecular weight is 304 g/mol. The Morgan fingerprint density at radius 1 is 1.17 bits per heavy atom. The smallest absolute Gasteiger partial charge is 0.123 e. The van der Waals surface area contributed by atoms with Crippen LogP contribution in [-0.2, 0) is 0 Å². The van der Waals surface area contributed by atoms with E-state index in [0.29, 0.717) is 6.04 Å². The molecule has 2 aliphatic rings. The number of hydrogen-bond acceptors (Lipinski definition) is 2. The molecule has 2 heterocycles. The van der Waals surface area contributed by atoms with Crippen molar-refractivity contribution in [3.63, 3.8) is 0 Å². The van der Waals surface area contributed by atoms with Crippen molar-refractivity contribution >= 4 is 15.9 Å². The summed E-state index contributed by atoms with van der Waals surface area (Å²) in [4.78, 5) is 7.97. The van der Waals surface area contributed by atoms with E-state index in [2.05, 4.69) is 55.5 Å². The molecule has 0 spiro atoms. The van der Waals surface area contributed by atoms with Gasteiger partial charge >= 0.3 is 0 Å². The highest BCUT2D eigenvalue weighted by atomic mass is 79.9. The normalized spacial score (nSPS) is 29.3. The van der Waals surface area contributed by atoms with E-state index in [1.165, 1.54) is 18.4 Å². The number of fused-ring (bicyclic) bond motifs is 1. The summed E-state index contributed by atoms with van der Waals surface area (Å²) < 4.78 is 1.10. The first-order valence-electron chi connectivity index (χ1n) is 6.36. The quantitative estimate of drug-likeness (QED) is 0.894. The topological polar surface area (TPSA) is 40.7 Å². The van der Waals surface area contributed by atoms with Gasteiger partial charge in [0, 0.05) is 10.5 Å². The van der Waals surface area contributed by atoms with Gasteiger partial charge in [-0.1, -0.05) is 28.1 Å². The lowest BCUT2D eigenvalue weighted by atomic mass is 10.1. The van der Waals surface area contributed by atoms with E-state index < -0.39 is 0 Å². The molecule has 2 aromatic rings. The molecule has 4 rings (SSSR count). The minimum atomic E-state index is 0.429. The van der Waals surface area contributed by atoms with E-state index in [0.717, 1.165) is 28.0 Å². The Bertz CT molecular complexity index is 565. The molecule has 2 fully saturated rings. The lowest BCUT2D eigenvalue weighted by Crippen LogP contribution is -2.18. The van der Waals surface area contributed by atoms with Crippen molar-refractivity contribution in [3.05, 3.63) is 40.8 Å². The van der Waals surface area contributed by atoms with E-state index in [1.54, 1.807) is 0 Å². The number of piperidine rings is 1. The van der Waals surface area contributed by atoms with Gasteiger partial charge in [0.15, 0.2) is 0 Å². The van der Waals surface area contributed by atoms with Gasteiger partial charge in [0.05, 0.1) is 17.9 Å². The van der Waals surface area contributed by atoms with Gasteiger partial charge in [-0.3, -0.25) is 0 Å². The lowest BCUT2D eigenvalue weighted by molar-refractivity contribution is 0.543. The van der Waals surface area contributed by atoms with E-state index in [-0.39, 0.29) is 0 Å². The first-order valence-corrected chi connectivity index (χ1v) is 7.16. The van der Waals surface area contributed by atoms with Crippen molar-refractivity contribution in [1.82, 2.24) is 15.3 Å². The van der Waals surface area contributed by atoms with Gasteiger partial charge in [-0.15, -0.1) is 0 Å². The van der Waals surface area contributed by atoms with Gasteiger partial charge in [0.25, 0.3) is 0 Å². The number of imidazole rings is 1. The number of aromatic nitrogens is 2. The van der Waals surface area contributed by atoms with E-state index in [4.69, 9.17) is 0 Å². The Morgan fingerprint density at radius 3 is 2.72 bits per heavy atom. The Balaban J connectivity index is 1.59. The highest BCUT2D eigenvalue weighted by Gasteiger charge is 2.46. The summed E-state index contributed by atoms with van der Waals surface area (Å²) in [6.07, 6.45) is 4.53. The van der Waals surface area contributed by atoms with Crippen molar-refractivity contribution in [3.8, 4) is 11.3 Å². The zero-order valence-electron chi connectivity index (χ0n) is 9.86. The second-order valence-electron chi connectivity index (χ2n) is 5.25. The summed E-state index contributed by atoms with van der Waals surface area (Å²) in [6, 6.07) is 9.49. The molecule has 1 aliphatic carbocycles. The van der Waals surface area contributed by atoms with Gasteiger partial charge in [-0.05, 0) is 36.5 Å². The third-order valence-corrected chi connectivity index (χ3v) is 4.49. The second kappa shape index (κ2) is 3.93. The van der Waals surface area contributed by atoms with E-state index in [9.17, 15) is 0 Å². The maximum absolute atomic E-state index is 4.52. The summed E-state index contributed by atoms with van der Waals surface area (Å²) >= 11 is 3.45. The summed E-state index contributed by atoms with van der Waals surface area (Å²) in [5.41, 5.74) is 2.28. The van der Waals surface area contributed by atoms with Crippen LogP contribution >= 0.6 is 15.9 Å². The molecule has 3 atom stereocenters. The van der Waals surface area contributed by atoms with Gasteiger partial charge < -0.3 is 10.3 Å². The molecular weight excluding hydrogens is 290 g/mol. The molecule has 0 amide bonds. The van der Waals surface area contributed by atoms with Crippen molar-refractivity contribution in [1.29, 1.82) is 0 Å². The van der Waals surface area contributed by atoms with Gasteiger partial charge in [0.2, 0.25) is 0 Å². The molecule has 1 saturated carbocycles. The van der Waals surface area contributed by atoms with Gasteiger partial charge in [-0.25, -0.2) is 4.98 Å². The molecule has 0 bridgehead atoms. The predicted molar refractivity (Wildman–Crippen MR) is 74.1 cm³/mol. The number of nitrogens with one attached hydrogen (secondary N) is 2. The molecular formula is C14H14BrN3. The number of aromatic amines is 1. The Morgan fingerprint density at radius 2 is 2.00 bits per heavy atom. The van der Waals surface area contributed by atoms with Crippen molar-refractivity contribution in [2.45, 2.75) is 24.9 Å². The fourth-order valence-corrected chi connectivity index (χ4v) is 3.09. The monoisotopic (exact) mass is 303 g/mol. The first-order chi connectivity index (χ1) is 8.79.